The van der Waals surface area contributed by atoms with Crippen molar-refractivity contribution >= 4 is 21.7 Å². The van der Waals surface area contributed by atoms with E-state index in [1.165, 1.54) is 5.56 Å². The van der Waals surface area contributed by atoms with Gasteiger partial charge in [-0.15, -0.1) is 0 Å². The largest absolute Gasteiger partial charge is 0.490 e. The maximum Gasteiger partial charge on any atom is 0.169 e. The Morgan fingerprint density at radius 2 is 2.00 bits per heavy atom. The van der Waals surface area contributed by atoms with Gasteiger partial charge in [-0.2, -0.15) is 0 Å². The maximum atomic E-state index is 5.51. The lowest BCUT2D eigenvalue weighted by molar-refractivity contribution is 0.340. The zero-order valence-corrected chi connectivity index (χ0v) is 11.8. The van der Waals surface area contributed by atoms with E-state index in [-0.39, 0.29) is 0 Å². The molecule has 0 bridgehead atoms. The molecule has 0 spiro atoms. The van der Waals surface area contributed by atoms with Crippen LogP contribution in [0.5, 0.6) is 5.75 Å². The predicted octanol–water partition coefficient (Wildman–Crippen LogP) is 3.85. The molecule has 0 saturated carbocycles. The fourth-order valence-electron chi connectivity index (χ4n) is 1.58. The standard InChI is InChI=1S/C14H15BrN2O/c1-2-18-13-4-3-9-16-14(13)17-10-11-5-7-12(15)8-6-11/h3-9H,2,10H2,1H3,(H,16,17). The van der Waals surface area contributed by atoms with Crippen molar-refractivity contribution in [2.24, 2.45) is 0 Å². The lowest BCUT2D eigenvalue weighted by Crippen LogP contribution is -2.04. The second kappa shape index (κ2) is 6.40. The van der Waals surface area contributed by atoms with Crippen LogP contribution in [0.15, 0.2) is 47.1 Å². The molecule has 4 heteroatoms. The van der Waals surface area contributed by atoms with Crippen LogP contribution in [0.25, 0.3) is 0 Å². The summed E-state index contributed by atoms with van der Waals surface area (Å²) in [7, 11) is 0. The molecule has 0 amide bonds. The van der Waals surface area contributed by atoms with E-state index in [9.17, 15) is 0 Å². The molecule has 0 saturated heterocycles. The average molecular weight is 307 g/mol. The number of rotatable bonds is 5. The molecule has 1 heterocycles. The van der Waals surface area contributed by atoms with Gasteiger partial charge in [0.2, 0.25) is 0 Å². The third-order valence-electron chi connectivity index (χ3n) is 2.44. The van der Waals surface area contributed by atoms with Gasteiger partial charge in [0.05, 0.1) is 6.61 Å². The number of nitrogens with one attached hydrogen (secondary N) is 1. The van der Waals surface area contributed by atoms with Crippen LogP contribution < -0.4 is 10.1 Å². The lowest BCUT2D eigenvalue weighted by Gasteiger charge is -2.10. The number of aromatic nitrogens is 1. The smallest absolute Gasteiger partial charge is 0.169 e. The molecular formula is C14H15BrN2O. The molecule has 18 heavy (non-hydrogen) atoms. The first kappa shape index (κ1) is 12.9. The molecule has 0 unspecified atom stereocenters. The summed E-state index contributed by atoms with van der Waals surface area (Å²) in [6, 6.07) is 12.0. The SMILES string of the molecule is CCOc1cccnc1NCc1ccc(Br)cc1. The quantitative estimate of drug-likeness (QED) is 0.911. The lowest BCUT2D eigenvalue weighted by atomic mass is 10.2. The van der Waals surface area contributed by atoms with Crippen LogP contribution in [-0.2, 0) is 6.54 Å². The van der Waals surface area contributed by atoms with E-state index in [2.05, 4.69) is 38.4 Å². The van der Waals surface area contributed by atoms with Crippen LogP contribution in [0.1, 0.15) is 12.5 Å². The Morgan fingerprint density at radius 3 is 2.72 bits per heavy atom. The van der Waals surface area contributed by atoms with Gasteiger partial charge < -0.3 is 10.1 Å². The van der Waals surface area contributed by atoms with E-state index in [1.54, 1.807) is 6.20 Å². The normalized spacial score (nSPS) is 10.1. The number of hydrogen-bond donors (Lipinski definition) is 1. The molecule has 1 aromatic carbocycles. The van der Waals surface area contributed by atoms with Crippen molar-refractivity contribution in [2.45, 2.75) is 13.5 Å². The first-order valence-corrected chi connectivity index (χ1v) is 6.65. The summed E-state index contributed by atoms with van der Waals surface area (Å²) in [6.07, 6.45) is 1.76. The number of ether oxygens (including phenoxy) is 1. The fourth-order valence-corrected chi connectivity index (χ4v) is 1.85. The molecular weight excluding hydrogens is 292 g/mol. The zero-order valence-electron chi connectivity index (χ0n) is 10.2. The van der Waals surface area contributed by atoms with Crippen molar-refractivity contribution < 1.29 is 4.74 Å². The van der Waals surface area contributed by atoms with E-state index in [0.717, 1.165) is 22.6 Å². The van der Waals surface area contributed by atoms with Crippen LogP contribution in [0.4, 0.5) is 5.82 Å². The van der Waals surface area contributed by atoms with Crippen molar-refractivity contribution in [2.75, 3.05) is 11.9 Å². The predicted molar refractivity (Wildman–Crippen MR) is 76.9 cm³/mol. The summed E-state index contributed by atoms with van der Waals surface area (Å²) in [5, 5.41) is 3.28. The summed E-state index contributed by atoms with van der Waals surface area (Å²) in [5.74, 6) is 1.57. The van der Waals surface area contributed by atoms with E-state index in [4.69, 9.17) is 4.74 Å². The Bertz CT molecular complexity index is 499. The summed E-state index contributed by atoms with van der Waals surface area (Å²) in [5.41, 5.74) is 1.20. The van der Waals surface area contributed by atoms with Crippen molar-refractivity contribution in [3.05, 3.63) is 52.6 Å². The molecule has 1 N–H and O–H groups in total. The summed E-state index contributed by atoms with van der Waals surface area (Å²) >= 11 is 3.42. The fraction of sp³-hybridized carbons (Fsp3) is 0.214. The van der Waals surface area contributed by atoms with Crippen LogP contribution in [0.2, 0.25) is 0 Å². The van der Waals surface area contributed by atoms with E-state index in [1.807, 2.05) is 31.2 Å². The molecule has 0 fully saturated rings. The Labute approximate surface area is 115 Å². The average Bonchev–Trinajstić information content (AvgIpc) is 2.40. The highest BCUT2D eigenvalue weighted by atomic mass is 79.9. The monoisotopic (exact) mass is 306 g/mol. The molecule has 3 nitrogen and oxygen atoms in total. The van der Waals surface area contributed by atoms with Crippen molar-refractivity contribution in [3.8, 4) is 5.75 Å². The first-order valence-electron chi connectivity index (χ1n) is 5.85. The topological polar surface area (TPSA) is 34.1 Å². The number of halogens is 1. The van der Waals surface area contributed by atoms with E-state index < -0.39 is 0 Å². The Kier molecular flexibility index (Phi) is 4.59. The van der Waals surface area contributed by atoms with Gasteiger partial charge in [0.25, 0.3) is 0 Å². The van der Waals surface area contributed by atoms with Gasteiger partial charge in [0.15, 0.2) is 11.6 Å². The Hall–Kier alpha value is -1.55. The van der Waals surface area contributed by atoms with Gasteiger partial charge in [-0.3, -0.25) is 0 Å². The number of anilines is 1. The molecule has 94 valence electrons. The molecule has 2 aromatic rings. The third kappa shape index (κ3) is 3.47. The van der Waals surface area contributed by atoms with Gasteiger partial charge in [0.1, 0.15) is 0 Å². The first-order chi connectivity index (χ1) is 8.79. The number of nitrogens with zero attached hydrogens (tertiary/aromatic N) is 1. The van der Waals surface area contributed by atoms with Gasteiger partial charge in [0, 0.05) is 17.2 Å². The molecule has 1 aromatic heterocycles. The number of pyridine rings is 1. The minimum absolute atomic E-state index is 0.638. The second-order valence-electron chi connectivity index (χ2n) is 3.76. The molecule has 0 radical (unpaired) electrons. The molecule has 0 aliphatic carbocycles. The van der Waals surface area contributed by atoms with Crippen LogP contribution in [0, 0.1) is 0 Å². The van der Waals surface area contributed by atoms with Gasteiger partial charge in [-0.05, 0) is 36.8 Å². The summed E-state index contributed by atoms with van der Waals surface area (Å²) in [4.78, 5) is 4.28. The van der Waals surface area contributed by atoms with Gasteiger partial charge in [-0.25, -0.2) is 4.98 Å². The van der Waals surface area contributed by atoms with Crippen molar-refractivity contribution in [1.29, 1.82) is 0 Å². The number of hydrogen-bond acceptors (Lipinski definition) is 3. The number of benzene rings is 1. The minimum Gasteiger partial charge on any atom is -0.490 e. The second-order valence-corrected chi connectivity index (χ2v) is 4.68. The summed E-state index contributed by atoms with van der Waals surface area (Å²) in [6.45, 7) is 3.33. The van der Waals surface area contributed by atoms with E-state index >= 15 is 0 Å². The summed E-state index contributed by atoms with van der Waals surface area (Å²) < 4.78 is 6.59. The van der Waals surface area contributed by atoms with Gasteiger partial charge >= 0.3 is 0 Å². The highest BCUT2D eigenvalue weighted by Gasteiger charge is 2.03. The molecule has 0 aliphatic heterocycles. The van der Waals surface area contributed by atoms with Crippen LogP contribution >= 0.6 is 15.9 Å². The Balaban J connectivity index is 2.03. The van der Waals surface area contributed by atoms with Crippen molar-refractivity contribution in [1.82, 2.24) is 4.98 Å². The maximum absolute atomic E-state index is 5.51. The zero-order chi connectivity index (χ0) is 12.8. The molecule has 0 aliphatic rings. The van der Waals surface area contributed by atoms with Crippen molar-refractivity contribution in [3.63, 3.8) is 0 Å². The minimum atomic E-state index is 0.638. The highest BCUT2D eigenvalue weighted by molar-refractivity contribution is 9.10. The Morgan fingerprint density at radius 1 is 1.22 bits per heavy atom. The third-order valence-corrected chi connectivity index (χ3v) is 2.97. The van der Waals surface area contributed by atoms with E-state index in [0.29, 0.717) is 6.61 Å². The van der Waals surface area contributed by atoms with Crippen LogP contribution in [0.3, 0.4) is 0 Å². The molecule has 2 rings (SSSR count). The highest BCUT2D eigenvalue weighted by Crippen LogP contribution is 2.21. The molecule has 0 atom stereocenters. The van der Waals surface area contributed by atoms with Crippen LogP contribution in [-0.4, -0.2) is 11.6 Å². The van der Waals surface area contributed by atoms with Gasteiger partial charge in [-0.1, -0.05) is 28.1 Å².